The van der Waals surface area contributed by atoms with Crippen molar-refractivity contribution < 1.29 is 51.0 Å². The molecule has 1 unspecified atom stereocenters. The smallest absolute Gasteiger partial charge is 1.00 e. The van der Waals surface area contributed by atoms with Gasteiger partial charge in [0.25, 0.3) is 0 Å². The van der Waals surface area contributed by atoms with Gasteiger partial charge in [0, 0.05) is 5.92 Å². The molecule has 1 atom stereocenters. The molecule has 26 heavy (non-hydrogen) atoms. The van der Waals surface area contributed by atoms with Gasteiger partial charge in [0.15, 0.2) is 0 Å². The molecule has 0 spiro atoms. The van der Waals surface area contributed by atoms with Gasteiger partial charge in [-0.05, 0) is 34.7 Å². The predicted octanol–water partition coefficient (Wildman–Crippen LogP) is 0.0332. The molecule has 0 nitrogen and oxygen atoms in total. The molecule has 0 aliphatic heterocycles. The molecular formula is C23H17Cl2Zr. The van der Waals surface area contributed by atoms with Crippen LogP contribution in [0, 0.1) is 6.92 Å². The first kappa shape index (κ1) is 21.0. The van der Waals surface area contributed by atoms with Crippen molar-refractivity contribution in [3.05, 3.63) is 101 Å². The van der Waals surface area contributed by atoms with Crippen molar-refractivity contribution >= 4 is 10.8 Å². The van der Waals surface area contributed by atoms with E-state index in [-0.39, 0.29) is 51.0 Å². The Balaban J connectivity index is 0.000000810. The van der Waals surface area contributed by atoms with Crippen LogP contribution in [0.2, 0.25) is 0 Å². The summed E-state index contributed by atoms with van der Waals surface area (Å²) in [5.74, 6) is 0.356. The second kappa shape index (κ2) is 8.18. The Hall–Kier alpha value is -1.27. The van der Waals surface area contributed by atoms with Gasteiger partial charge in [-0.2, -0.15) is 6.07 Å². The number of fused-ring (bicyclic) bond motifs is 4. The van der Waals surface area contributed by atoms with Crippen LogP contribution in [-0.2, 0) is 26.2 Å². The first-order valence-corrected chi connectivity index (χ1v) is 8.17. The van der Waals surface area contributed by atoms with E-state index in [1.165, 1.54) is 44.2 Å². The third kappa shape index (κ3) is 3.11. The molecule has 1 radical (unpaired) electrons. The van der Waals surface area contributed by atoms with Gasteiger partial charge in [0.05, 0.1) is 0 Å². The fourth-order valence-corrected chi connectivity index (χ4v) is 4.14. The molecule has 1 aliphatic carbocycles. The van der Waals surface area contributed by atoms with Crippen molar-refractivity contribution in [1.29, 1.82) is 0 Å². The summed E-state index contributed by atoms with van der Waals surface area (Å²) in [6.45, 7) is 2.24. The van der Waals surface area contributed by atoms with Gasteiger partial charge < -0.3 is 24.8 Å². The van der Waals surface area contributed by atoms with Gasteiger partial charge in [0.2, 0.25) is 0 Å². The van der Waals surface area contributed by atoms with Crippen molar-refractivity contribution in [3.63, 3.8) is 0 Å². The Kier molecular flexibility index (Phi) is 6.62. The minimum absolute atomic E-state index is 0. The normalized spacial score (nSPS) is 13.8. The van der Waals surface area contributed by atoms with Crippen LogP contribution in [0.4, 0.5) is 0 Å². The molecule has 0 saturated carbocycles. The topological polar surface area (TPSA) is 0 Å². The van der Waals surface area contributed by atoms with Crippen LogP contribution in [-0.4, -0.2) is 0 Å². The summed E-state index contributed by atoms with van der Waals surface area (Å²) in [7, 11) is 0. The summed E-state index contributed by atoms with van der Waals surface area (Å²) in [5, 5.41) is 2.67. The number of benzene rings is 3. The Bertz CT molecular complexity index is 1020. The summed E-state index contributed by atoms with van der Waals surface area (Å²) >= 11 is 0. The summed E-state index contributed by atoms with van der Waals surface area (Å²) < 4.78 is 0. The molecule has 3 heteroatoms. The largest absolute Gasteiger partial charge is 3.00 e. The SMILES string of the molecule is Cc1cccc2c1C(c1cc3ccccc3[cH-]1)c1ccccc1-2.[Cl-].[Cl-].[Zr+3]. The molecule has 5 rings (SSSR count). The number of aryl methyl sites for hydroxylation is 1. The Labute approximate surface area is 185 Å². The zero-order valence-electron chi connectivity index (χ0n) is 14.3. The van der Waals surface area contributed by atoms with Crippen LogP contribution >= 0.6 is 0 Å². The van der Waals surface area contributed by atoms with Crippen LogP contribution < -0.4 is 24.8 Å². The maximum atomic E-state index is 2.36. The molecule has 0 amide bonds. The van der Waals surface area contributed by atoms with E-state index in [0.717, 1.165) is 0 Å². The van der Waals surface area contributed by atoms with E-state index in [1.54, 1.807) is 0 Å². The third-order valence-corrected chi connectivity index (χ3v) is 5.15. The van der Waals surface area contributed by atoms with Crippen LogP contribution in [0.5, 0.6) is 0 Å². The third-order valence-electron chi connectivity index (χ3n) is 5.15. The molecule has 0 N–H and O–H groups in total. The summed E-state index contributed by atoms with van der Waals surface area (Å²) in [5.41, 5.74) is 8.49. The van der Waals surface area contributed by atoms with Crippen LogP contribution in [0.1, 0.15) is 28.2 Å². The van der Waals surface area contributed by atoms with Gasteiger partial charge in [-0.25, -0.2) is 0 Å². The molecule has 4 aromatic rings. The Morgan fingerprint density at radius 3 is 2.27 bits per heavy atom. The Morgan fingerprint density at radius 2 is 1.46 bits per heavy atom. The van der Waals surface area contributed by atoms with E-state index in [4.69, 9.17) is 0 Å². The number of hydrogen-bond acceptors (Lipinski definition) is 0. The molecule has 127 valence electrons. The molecule has 4 aromatic carbocycles. The maximum absolute atomic E-state index is 2.36. The van der Waals surface area contributed by atoms with Crippen molar-refractivity contribution in [2.45, 2.75) is 12.8 Å². The standard InChI is InChI=1S/C23H17.2ClH.Zr/c1-15-7-6-12-20-19-10-4-5-11-21(19)23(22(15)20)18-13-16-8-2-3-9-17(16)14-18;;;/h2-14,23H,1H3;2*1H;/q-1;;;+3/p-2. The van der Waals surface area contributed by atoms with Crippen molar-refractivity contribution in [2.75, 3.05) is 0 Å². The average molecular weight is 456 g/mol. The average Bonchev–Trinajstić information content (AvgIpc) is 3.14. The van der Waals surface area contributed by atoms with Crippen molar-refractivity contribution in [3.8, 4) is 11.1 Å². The van der Waals surface area contributed by atoms with Gasteiger partial charge in [-0.15, -0.1) is 40.6 Å². The van der Waals surface area contributed by atoms with E-state index >= 15 is 0 Å². The van der Waals surface area contributed by atoms with Gasteiger partial charge in [-0.1, -0.05) is 48.5 Å². The number of hydrogen-bond donors (Lipinski definition) is 0. The zero-order chi connectivity index (χ0) is 15.4. The van der Waals surface area contributed by atoms with Gasteiger partial charge in [0.1, 0.15) is 0 Å². The monoisotopic (exact) mass is 453 g/mol. The minimum atomic E-state index is 0. The van der Waals surface area contributed by atoms with E-state index < -0.39 is 0 Å². The fraction of sp³-hybridized carbons (Fsp3) is 0.0870. The molecule has 0 heterocycles. The predicted molar refractivity (Wildman–Crippen MR) is 97.1 cm³/mol. The fourth-order valence-electron chi connectivity index (χ4n) is 4.14. The molecule has 0 fully saturated rings. The maximum Gasteiger partial charge on any atom is 3.00 e. The van der Waals surface area contributed by atoms with Gasteiger partial charge >= 0.3 is 26.2 Å². The second-order valence-electron chi connectivity index (χ2n) is 6.47. The zero-order valence-corrected chi connectivity index (χ0v) is 18.3. The molecule has 0 saturated heterocycles. The molecular weight excluding hydrogens is 438 g/mol. The number of rotatable bonds is 1. The summed E-state index contributed by atoms with van der Waals surface area (Å²) in [4.78, 5) is 0. The van der Waals surface area contributed by atoms with Crippen molar-refractivity contribution in [1.82, 2.24) is 0 Å². The molecule has 1 aliphatic rings. The first-order valence-electron chi connectivity index (χ1n) is 8.17. The van der Waals surface area contributed by atoms with E-state index in [1.807, 2.05) is 0 Å². The van der Waals surface area contributed by atoms with Gasteiger partial charge in [-0.3, -0.25) is 0 Å². The number of halogens is 2. The molecule has 0 aromatic heterocycles. The quantitative estimate of drug-likeness (QED) is 0.313. The molecule has 0 bridgehead atoms. The van der Waals surface area contributed by atoms with Crippen LogP contribution in [0.15, 0.2) is 78.9 Å². The first-order chi connectivity index (χ1) is 11.3. The summed E-state index contributed by atoms with van der Waals surface area (Å²) in [6, 6.07) is 28.9. The summed E-state index contributed by atoms with van der Waals surface area (Å²) in [6.07, 6.45) is 0. The second-order valence-corrected chi connectivity index (χ2v) is 6.47. The van der Waals surface area contributed by atoms with E-state index in [9.17, 15) is 0 Å². The van der Waals surface area contributed by atoms with E-state index in [0.29, 0.717) is 5.92 Å². The minimum Gasteiger partial charge on any atom is -1.00 e. The van der Waals surface area contributed by atoms with E-state index in [2.05, 4.69) is 85.8 Å². The van der Waals surface area contributed by atoms with Crippen LogP contribution in [0.3, 0.4) is 0 Å². The van der Waals surface area contributed by atoms with Crippen LogP contribution in [0.25, 0.3) is 21.9 Å². The Morgan fingerprint density at radius 1 is 0.769 bits per heavy atom. The van der Waals surface area contributed by atoms with Crippen molar-refractivity contribution in [2.24, 2.45) is 0 Å².